The molecule has 0 spiro atoms. The molecule has 1 atom stereocenters. The van der Waals surface area contributed by atoms with Gasteiger partial charge in [-0.05, 0) is 51.6 Å². The molecule has 0 bridgehead atoms. The number of rotatable bonds is 3. The third kappa shape index (κ3) is 2.49. The van der Waals surface area contributed by atoms with Crippen LogP contribution in [0.1, 0.15) is 25.8 Å². The van der Waals surface area contributed by atoms with E-state index in [0.717, 1.165) is 5.92 Å². The Kier molecular flexibility index (Phi) is 3.25. The molecule has 0 heteroatoms. The fraction of sp³-hybridized carbons (Fsp3) is 0.263. The fourth-order valence-corrected chi connectivity index (χ4v) is 2.66. The maximum Gasteiger partial charge on any atom is -0.0175 e. The molecule has 96 valence electrons. The van der Waals surface area contributed by atoms with Crippen molar-refractivity contribution in [3.8, 4) is 0 Å². The second-order valence-electron chi connectivity index (χ2n) is 5.60. The van der Waals surface area contributed by atoms with E-state index in [4.69, 9.17) is 0 Å². The SMILES string of the molecule is CCC(C)Cc1ccc2cc3ccccc3cc2c1. The zero-order chi connectivity index (χ0) is 13.2. The van der Waals surface area contributed by atoms with Gasteiger partial charge in [0.2, 0.25) is 0 Å². The molecule has 0 saturated heterocycles. The lowest BCUT2D eigenvalue weighted by Crippen LogP contribution is -1.97. The van der Waals surface area contributed by atoms with Crippen molar-refractivity contribution in [1.82, 2.24) is 0 Å². The van der Waals surface area contributed by atoms with E-state index >= 15 is 0 Å². The third-order valence-corrected chi connectivity index (χ3v) is 4.05. The van der Waals surface area contributed by atoms with Gasteiger partial charge in [0.05, 0.1) is 0 Å². The lowest BCUT2D eigenvalue weighted by Gasteiger charge is -2.10. The van der Waals surface area contributed by atoms with Crippen LogP contribution >= 0.6 is 0 Å². The molecular formula is C19H20. The van der Waals surface area contributed by atoms with Crippen molar-refractivity contribution < 1.29 is 0 Å². The van der Waals surface area contributed by atoms with E-state index < -0.39 is 0 Å². The molecule has 3 rings (SSSR count). The molecule has 0 nitrogen and oxygen atoms in total. The van der Waals surface area contributed by atoms with Crippen LogP contribution < -0.4 is 0 Å². The Bertz CT molecular complexity index is 709. The molecule has 0 aromatic heterocycles. The van der Waals surface area contributed by atoms with Crippen LogP contribution in [0.2, 0.25) is 0 Å². The molecule has 0 aliphatic heterocycles. The molecule has 3 aromatic carbocycles. The zero-order valence-corrected chi connectivity index (χ0v) is 11.7. The molecule has 3 aromatic rings. The predicted octanol–water partition coefficient (Wildman–Crippen LogP) is 5.58. The highest BCUT2D eigenvalue weighted by Crippen LogP contribution is 2.24. The molecule has 19 heavy (non-hydrogen) atoms. The Morgan fingerprint density at radius 1 is 0.789 bits per heavy atom. The average Bonchev–Trinajstić information content (AvgIpc) is 2.45. The first-order valence-corrected chi connectivity index (χ1v) is 7.17. The Hall–Kier alpha value is -1.82. The number of benzene rings is 3. The average molecular weight is 248 g/mol. The largest absolute Gasteiger partial charge is 0.0651 e. The van der Waals surface area contributed by atoms with Crippen LogP contribution in [0, 0.1) is 5.92 Å². The minimum Gasteiger partial charge on any atom is -0.0651 e. The van der Waals surface area contributed by atoms with Gasteiger partial charge in [0.15, 0.2) is 0 Å². The monoisotopic (exact) mass is 248 g/mol. The van der Waals surface area contributed by atoms with Crippen molar-refractivity contribution in [2.45, 2.75) is 26.7 Å². The summed E-state index contributed by atoms with van der Waals surface area (Å²) >= 11 is 0. The van der Waals surface area contributed by atoms with E-state index in [0.29, 0.717) is 0 Å². The lowest BCUT2D eigenvalue weighted by molar-refractivity contribution is 0.560. The Balaban J connectivity index is 2.09. The number of fused-ring (bicyclic) bond motifs is 2. The molecule has 0 heterocycles. The summed E-state index contributed by atoms with van der Waals surface area (Å²) in [6.07, 6.45) is 2.43. The highest BCUT2D eigenvalue weighted by molar-refractivity contribution is 5.98. The first-order valence-electron chi connectivity index (χ1n) is 7.17. The smallest absolute Gasteiger partial charge is 0.0175 e. The summed E-state index contributed by atoms with van der Waals surface area (Å²) < 4.78 is 0. The van der Waals surface area contributed by atoms with E-state index in [2.05, 4.69) is 68.4 Å². The highest BCUT2D eigenvalue weighted by atomic mass is 14.1. The Morgan fingerprint density at radius 2 is 1.42 bits per heavy atom. The summed E-state index contributed by atoms with van der Waals surface area (Å²) in [5, 5.41) is 5.35. The summed E-state index contributed by atoms with van der Waals surface area (Å²) in [6, 6.07) is 20.1. The molecule has 0 N–H and O–H groups in total. The van der Waals surface area contributed by atoms with E-state index in [-0.39, 0.29) is 0 Å². The van der Waals surface area contributed by atoms with Gasteiger partial charge in [-0.15, -0.1) is 0 Å². The molecule has 0 aliphatic carbocycles. The van der Waals surface area contributed by atoms with Crippen LogP contribution in [0.3, 0.4) is 0 Å². The second kappa shape index (κ2) is 5.05. The van der Waals surface area contributed by atoms with Crippen molar-refractivity contribution in [2.75, 3.05) is 0 Å². The quantitative estimate of drug-likeness (QED) is 0.531. The van der Waals surface area contributed by atoms with Gasteiger partial charge in [0, 0.05) is 0 Å². The summed E-state index contributed by atoms with van der Waals surface area (Å²) in [5.41, 5.74) is 1.46. The van der Waals surface area contributed by atoms with Crippen molar-refractivity contribution in [3.05, 3.63) is 60.2 Å². The van der Waals surface area contributed by atoms with Gasteiger partial charge in [-0.1, -0.05) is 62.7 Å². The Morgan fingerprint density at radius 3 is 2.11 bits per heavy atom. The molecule has 1 unspecified atom stereocenters. The van der Waals surface area contributed by atoms with Gasteiger partial charge in [0.25, 0.3) is 0 Å². The van der Waals surface area contributed by atoms with E-state index in [1.54, 1.807) is 0 Å². The van der Waals surface area contributed by atoms with Crippen LogP contribution in [0.5, 0.6) is 0 Å². The molecule has 0 amide bonds. The maximum atomic E-state index is 2.36. The zero-order valence-electron chi connectivity index (χ0n) is 11.7. The van der Waals surface area contributed by atoms with E-state index in [1.807, 2.05) is 0 Å². The summed E-state index contributed by atoms with van der Waals surface area (Å²) in [4.78, 5) is 0. The van der Waals surface area contributed by atoms with Crippen LogP contribution in [-0.2, 0) is 6.42 Å². The standard InChI is InChI=1S/C19H20/c1-3-14(2)10-15-8-9-18-12-16-6-4-5-7-17(16)13-19(18)11-15/h4-9,11-14H,3,10H2,1-2H3. The highest BCUT2D eigenvalue weighted by Gasteiger charge is 2.03. The first-order chi connectivity index (χ1) is 9.26. The summed E-state index contributed by atoms with van der Waals surface area (Å²) in [6.45, 7) is 4.59. The van der Waals surface area contributed by atoms with Gasteiger partial charge in [-0.25, -0.2) is 0 Å². The van der Waals surface area contributed by atoms with Crippen LogP contribution in [0.4, 0.5) is 0 Å². The fourth-order valence-electron chi connectivity index (χ4n) is 2.66. The summed E-state index contributed by atoms with van der Waals surface area (Å²) in [5.74, 6) is 0.762. The second-order valence-corrected chi connectivity index (χ2v) is 5.60. The lowest BCUT2D eigenvalue weighted by atomic mass is 9.96. The maximum absolute atomic E-state index is 2.36. The van der Waals surface area contributed by atoms with Crippen molar-refractivity contribution in [1.29, 1.82) is 0 Å². The van der Waals surface area contributed by atoms with E-state index in [9.17, 15) is 0 Å². The minimum absolute atomic E-state index is 0.762. The predicted molar refractivity (Wildman–Crippen MR) is 84.6 cm³/mol. The van der Waals surface area contributed by atoms with Crippen molar-refractivity contribution >= 4 is 21.5 Å². The molecular weight excluding hydrogens is 228 g/mol. The van der Waals surface area contributed by atoms with Gasteiger partial charge in [-0.2, -0.15) is 0 Å². The van der Waals surface area contributed by atoms with Gasteiger partial charge >= 0.3 is 0 Å². The Labute approximate surface area is 115 Å². The third-order valence-electron chi connectivity index (χ3n) is 4.05. The van der Waals surface area contributed by atoms with Gasteiger partial charge in [-0.3, -0.25) is 0 Å². The van der Waals surface area contributed by atoms with Crippen LogP contribution in [0.15, 0.2) is 54.6 Å². The number of hydrogen-bond acceptors (Lipinski definition) is 0. The topological polar surface area (TPSA) is 0 Å². The minimum atomic E-state index is 0.762. The van der Waals surface area contributed by atoms with Gasteiger partial charge < -0.3 is 0 Å². The van der Waals surface area contributed by atoms with E-state index in [1.165, 1.54) is 39.9 Å². The normalized spacial score (nSPS) is 12.9. The molecule has 0 saturated carbocycles. The molecule has 0 radical (unpaired) electrons. The molecule has 0 aliphatic rings. The van der Waals surface area contributed by atoms with Crippen molar-refractivity contribution in [2.24, 2.45) is 5.92 Å². The molecule has 0 fully saturated rings. The van der Waals surface area contributed by atoms with Crippen LogP contribution in [-0.4, -0.2) is 0 Å². The summed E-state index contributed by atoms with van der Waals surface area (Å²) in [7, 11) is 0. The number of hydrogen-bond donors (Lipinski definition) is 0. The van der Waals surface area contributed by atoms with Crippen molar-refractivity contribution in [3.63, 3.8) is 0 Å². The van der Waals surface area contributed by atoms with Crippen LogP contribution in [0.25, 0.3) is 21.5 Å². The van der Waals surface area contributed by atoms with Gasteiger partial charge in [0.1, 0.15) is 0 Å². The first kappa shape index (κ1) is 12.2.